The number of amides is 2. The molecule has 3 N–H and O–H groups in total. The standard InChI is InChI=1S/C23H28F3N7O/c1-31-8-10-32(11-9-31)19-13-18(28-20(27)29-19)16-3-2-15-4-7-33(14-17(15)12-16)21(34)30-22(5-6-22)23(24,25)26/h2-3,12-13H,4-11,14H2,1H3,(H,30,34)(H2,27,28,29). The van der Waals surface area contributed by atoms with Gasteiger partial charge in [0.15, 0.2) is 0 Å². The van der Waals surface area contributed by atoms with E-state index in [0.717, 1.165) is 48.7 Å². The van der Waals surface area contributed by atoms with Gasteiger partial charge in [-0.3, -0.25) is 0 Å². The molecule has 1 saturated carbocycles. The van der Waals surface area contributed by atoms with Crippen LogP contribution in [0.2, 0.25) is 0 Å². The number of piperazine rings is 1. The highest BCUT2D eigenvalue weighted by Gasteiger charge is 2.64. The Kier molecular flexibility index (Phi) is 5.54. The van der Waals surface area contributed by atoms with E-state index in [2.05, 4.69) is 32.1 Å². The maximum atomic E-state index is 13.3. The summed E-state index contributed by atoms with van der Waals surface area (Å²) in [7, 11) is 2.08. The molecule has 2 fully saturated rings. The molecule has 34 heavy (non-hydrogen) atoms. The minimum atomic E-state index is -4.43. The molecule has 0 bridgehead atoms. The number of rotatable bonds is 3. The number of benzene rings is 1. The monoisotopic (exact) mass is 475 g/mol. The number of likely N-dealkylation sites (N-methyl/N-ethyl adjacent to an activating group) is 1. The zero-order valence-corrected chi connectivity index (χ0v) is 19.0. The second-order valence-electron chi connectivity index (χ2n) is 9.42. The lowest BCUT2D eigenvalue weighted by Gasteiger charge is -2.33. The number of hydrogen-bond donors (Lipinski definition) is 2. The molecule has 182 valence electrons. The predicted octanol–water partition coefficient (Wildman–Crippen LogP) is 2.64. The van der Waals surface area contributed by atoms with E-state index in [1.54, 1.807) is 0 Å². The predicted molar refractivity (Wildman–Crippen MR) is 122 cm³/mol. The van der Waals surface area contributed by atoms with E-state index in [9.17, 15) is 18.0 Å². The summed E-state index contributed by atoms with van der Waals surface area (Å²) in [6.45, 7) is 4.19. The zero-order valence-electron chi connectivity index (χ0n) is 19.0. The number of carbonyl (C=O) groups excluding carboxylic acids is 1. The Morgan fingerprint density at radius 2 is 1.79 bits per heavy atom. The number of halogens is 3. The fourth-order valence-electron chi connectivity index (χ4n) is 4.58. The van der Waals surface area contributed by atoms with E-state index >= 15 is 0 Å². The summed E-state index contributed by atoms with van der Waals surface area (Å²) >= 11 is 0. The van der Waals surface area contributed by atoms with Crippen LogP contribution in [0.15, 0.2) is 24.3 Å². The van der Waals surface area contributed by atoms with E-state index in [0.29, 0.717) is 18.7 Å². The van der Waals surface area contributed by atoms with Crippen LogP contribution in [0, 0.1) is 0 Å². The van der Waals surface area contributed by atoms with Crippen LogP contribution in [-0.2, 0) is 13.0 Å². The molecule has 3 heterocycles. The molecule has 0 atom stereocenters. The first kappa shape index (κ1) is 22.7. The fraction of sp³-hybridized carbons (Fsp3) is 0.522. The van der Waals surface area contributed by atoms with Crippen molar-refractivity contribution >= 4 is 17.8 Å². The molecule has 5 rings (SSSR count). The van der Waals surface area contributed by atoms with Crippen molar-refractivity contribution in [2.45, 2.75) is 37.5 Å². The lowest BCUT2D eigenvalue weighted by molar-refractivity contribution is -0.163. The normalized spacial score (nSPS) is 20.1. The first-order valence-corrected chi connectivity index (χ1v) is 11.5. The Hall–Kier alpha value is -3.08. The number of hydrogen-bond acceptors (Lipinski definition) is 6. The molecule has 0 spiro atoms. The quantitative estimate of drug-likeness (QED) is 0.710. The summed E-state index contributed by atoms with van der Waals surface area (Å²) in [5, 5.41) is 2.22. The van der Waals surface area contributed by atoms with Gasteiger partial charge in [-0.2, -0.15) is 18.2 Å². The van der Waals surface area contributed by atoms with Crippen molar-refractivity contribution in [1.82, 2.24) is 25.1 Å². The summed E-state index contributed by atoms with van der Waals surface area (Å²) in [6.07, 6.45) is -3.98. The summed E-state index contributed by atoms with van der Waals surface area (Å²) in [4.78, 5) is 27.3. The van der Waals surface area contributed by atoms with Crippen LogP contribution in [0.5, 0.6) is 0 Å². The molecule has 0 radical (unpaired) electrons. The average Bonchev–Trinajstić information content (AvgIpc) is 3.59. The third-order valence-electron chi connectivity index (χ3n) is 7.00. The molecule has 2 amide bonds. The third kappa shape index (κ3) is 4.36. The number of aromatic nitrogens is 2. The van der Waals surface area contributed by atoms with Crippen LogP contribution in [0.3, 0.4) is 0 Å². The van der Waals surface area contributed by atoms with Crippen LogP contribution in [-0.4, -0.2) is 77.3 Å². The van der Waals surface area contributed by atoms with Gasteiger partial charge in [0.2, 0.25) is 5.95 Å². The number of alkyl halides is 3. The van der Waals surface area contributed by atoms with Crippen LogP contribution in [0.1, 0.15) is 24.0 Å². The highest BCUT2D eigenvalue weighted by atomic mass is 19.4. The number of nitrogen functional groups attached to an aromatic ring is 1. The number of urea groups is 1. The molecular formula is C23H28F3N7O. The van der Waals surface area contributed by atoms with Crippen LogP contribution < -0.4 is 16.0 Å². The Bertz CT molecular complexity index is 1090. The molecule has 0 unspecified atom stereocenters. The van der Waals surface area contributed by atoms with Crippen molar-refractivity contribution < 1.29 is 18.0 Å². The highest BCUT2D eigenvalue weighted by molar-refractivity contribution is 5.76. The number of carbonyl (C=O) groups is 1. The van der Waals surface area contributed by atoms with Gasteiger partial charge in [0.1, 0.15) is 11.4 Å². The van der Waals surface area contributed by atoms with E-state index in [1.165, 1.54) is 4.90 Å². The van der Waals surface area contributed by atoms with Gasteiger partial charge < -0.3 is 25.8 Å². The first-order chi connectivity index (χ1) is 16.1. The average molecular weight is 476 g/mol. The zero-order chi connectivity index (χ0) is 24.1. The smallest absolute Gasteiger partial charge is 0.368 e. The van der Waals surface area contributed by atoms with Crippen molar-refractivity contribution in [1.29, 1.82) is 0 Å². The van der Waals surface area contributed by atoms with E-state index in [-0.39, 0.29) is 25.3 Å². The van der Waals surface area contributed by atoms with Crippen molar-refractivity contribution in [3.63, 3.8) is 0 Å². The molecule has 11 heteroatoms. The van der Waals surface area contributed by atoms with Crippen molar-refractivity contribution in [3.05, 3.63) is 35.4 Å². The van der Waals surface area contributed by atoms with Gasteiger partial charge in [0, 0.05) is 50.9 Å². The molecule has 3 aliphatic rings. The van der Waals surface area contributed by atoms with E-state index in [4.69, 9.17) is 5.73 Å². The molecule has 1 saturated heterocycles. The maximum Gasteiger partial charge on any atom is 0.411 e. The van der Waals surface area contributed by atoms with Gasteiger partial charge in [-0.1, -0.05) is 12.1 Å². The summed E-state index contributed by atoms with van der Waals surface area (Å²) in [6, 6.07) is 7.14. The lowest BCUT2D eigenvalue weighted by atomic mass is 9.96. The molecule has 1 aromatic heterocycles. The maximum absolute atomic E-state index is 13.3. The third-order valence-corrected chi connectivity index (χ3v) is 7.00. The van der Waals surface area contributed by atoms with E-state index < -0.39 is 17.7 Å². The molecule has 1 aromatic carbocycles. The second-order valence-corrected chi connectivity index (χ2v) is 9.42. The Balaban J connectivity index is 1.34. The van der Waals surface area contributed by atoms with Crippen LogP contribution >= 0.6 is 0 Å². The van der Waals surface area contributed by atoms with Crippen molar-refractivity contribution in [3.8, 4) is 11.3 Å². The SMILES string of the molecule is CN1CCN(c2cc(-c3ccc4c(c3)CN(C(=O)NC3(C(F)(F)F)CC3)CC4)nc(N)n2)CC1. The van der Waals surface area contributed by atoms with Crippen molar-refractivity contribution in [2.75, 3.05) is 50.4 Å². The number of nitrogens with zero attached hydrogens (tertiary/aromatic N) is 5. The van der Waals surface area contributed by atoms with Crippen molar-refractivity contribution in [2.24, 2.45) is 0 Å². The van der Waals surface area contributed by atoms with Crippen LogP contribution in [0.25, 0.3) is 11.3 Å². The first-order valence-electron chi connectivity index (χ1n) is 11.5. The largest absolute Gasteiger partial charge is 0.411 e. The van der Waals surface area contributed by atoms with Gasteiger partial charge in [0.05, 0.1) is 5.69 Å². The molecule has 8 nitrogen and oxygen atoms in total. The Morgan fingerprint density at radius 1 is 1.06 bits per heavy atom. The van der Waals surface area contributed by atoms with E-state index in [1.807, 2.05) is 24.3 Å². The van der Waals surface area contributed by atoms with Gasteiger partial charge in [-0.25, -0.2) is 9.78 Å². The minimum Gasteiger partial charge on any atom is -0.368 e. The summed E-state index contributed by atoms with van der Waals surface area (Å²) in [5.74, 6) is 0.961. The number of anilines is 2. The minimum absolute atomic E-state index is 0.0679. The lowest BCUT2D eigenvalue weighted by Crippen LogP contribution is -2.53. The Morgan fingerprint density at radius 3 is 2.47 bits per heavy atom. The van der Waals surface area contributed by atoms with Gasteiger partial charge in [0.25, 0.3) is 0 Å². The summed E-state index contributed by atoms with van der Waals surface area (Å²) in [5.41, 5.74) is 7.44. The molecule has 2 aromatic rings. The number of nitrogens with two attached hydrogens (primary N) is 1. The summed E-state index contributed by atoms with van der Waals surface area (Å²) < 4.78 is 39.8. The molecule has 2 aliphatic heterocycles. The van der Waals surface area contributed by atoms with Gasteiger partial charge in [-0.05, 0) is 43.5 Å². The topological polar surface area (TPSA) is 90.6 Å². The highest BCUT2D eigenvalue weighted by Crippen LogP contribution is 2.49. The fourth-order valence-corrected chi connectivity index (χ4v) is 4.58. The number of fused-ring (bicyclic) bond motifs is 1. The van der Waals surface area contributed by atoms with Crippen LogP contribution in [0.4, 0.5) is 29.7 Å². The number of nitrogens with one attached hydrogen (secondary N) is 1. The second kappa shape index (κ2) is 8.30. The van der Waals surface area contributed by atoms with Gasteiger partial charge >= 0.3 is 12.2 Å². The van der Waals surface area contributed by atoms with Gasteiger partial charge in [-0.15, -0.1) is 0 Å². The Labute approximate surface area is 195 Å². The molecular weight excluding hydrogens is 447 g/mol. The molecule has 1 aliphatic carbocycles.